The largest absolute Gasteiger partial charge is 0.490 e. The van der Waals surface area contributed by atoms with Crippen molar-refractivity contribution >= 4 is 41.1 Å². The Hall–Kier alpha value is -4.35. The molecule has 1 fully saturated rings. The topological polar surface area (TPSA) is 145 Å². The van der Waals surface area contributed by atoms with E-state index >= 15 is 0 Å². The molecule has 1 saturated heterocycles. The predicted octanol–water partition coefficient (Wildman–Crippen LogP) is 5.19. The number of benzene rings is 2. The maximum Gasteiger partial charge on any atom is 0.412 e. The molecular formula is C27H28ClN5O6. The molecule has 0 bridgehead atoms. The standard InChI is InChI=1S/C27H28ClN5O6/c1-17-14-22(24(16-21(17)28)37-13-12-33-10-2-3-11-33)32-27(36)31-18-4-6-19(7-5-18)38-20-8-9-30-23(15-20)25(34)39-26(29)35/h4-9,14-16H,2-3,10-13H2,1H3,(H2,29,35)(H2,31,32,36). The average molecular weight is 554 g/mol. The number of hydrogen-bond acceptors (Lipinski definition) is 8. The Morgan fingerprint density at radius 1 is 1.03 bits per heavy atom. The molecular weight excluding hydrogens is 526 g/mol. The van der Waals surface area contributed by atoms with E-state index in [1.807, 2.05) is 6.92 Å². The maximum atomic E-state index is 12.7. The second-order valence-corrected chi connectivity index (χ2v) is 9.19. The number of likely N-dealkylation sites (tertiary alicyclic amines) is 1. The molecule has 2 aromatic carbocycles. The van der Waals surface area contributed by atoms with Crippen LogP contribution < -0.4 is 25.8 Å². The lowest BCUT2D eigenvalue weighted by Gasteiger charge is -2.18. The Morgan fingerprint density at radius 3 is 2.49 bits per heavy atom. The number of amides is 3. The number of carbonyl (C=O) groups excluding carboxylic acids is 3. The molecule has 0 radical (unpaired) electrons. The van der Waals surface area contributed by atoms with Crippen LogP contribution in [0.2, 0.25) is 5.02 Å². The number of primary amides is 1. The van der Waals surface area contributed by atoms with Crippen LogP contribution in [-0.4, -0.2) is 54.2 Å². The number of urea groups is 1. The number of nitrogens with one attached hydrogen (secondary N) is 2. The second-order valence-electron chi connectivity index (χ2n) is 8.79. The smallest absolute Gasteiger partial charge is 0.412 e. The molecule has 1 aromatic heterocycles. The number of aryl methyl sites for hydroxylation is 1. The fourth-order valence-electron chi connectivity index (χ4n) is 3.93. The van der Waals surface area contributed by atoms with Crippen molar-refractivity contribution in [2.45, 2.75) is 19.8 Å². The number of nitrogens with two attached hydrogens (primary N) is 1. The van der Waals surface area contributed by atoms with E-state index in [0.717, 1.165) is 25.2 Å². The van der Waals surface area contributed by atoms with Crippen LogP contribution in [0.25, 0.3) is 0 Å². The number of nitrogens with zero attached hydrogens (tertiary/aromatic N) is 2. The van der Waals surface area contributed by atoms with Gasteiger partial charge >= 0.3 is 18.1 Å². The third-order valence-electron chi connectivity index (χ3n) is 5.85. The van der Waals surface area contributed by atoms with Crippen LogP contribution in [-0.2, 0) is 4.74 Å². The summed E-state index contributed by atoms with van der Waals surface area (Å²) in [4.78, 5) is 41.5. The lowest BCUT2D eigenvalue weighted by atomic mass is 10.2. The normalized spacial score (nSPS) is 13.0. The summed E-state index contributed by atoms with van der Waals surface area (Å²) >= 11 is 6.30. The first-order chi connectivity index (χ1) is 18.8. The van der Waals surface area contributed by atoms with Gasteiger partial charge in [0.1, 0.15) is 23.9 Å². The van der Waals surface area contributed by atoms with Crippen LogP contribution in [0.15, 0.2) is 54.7 Å². The Balaban J connectivity index is 1.34. The predicted molar refractivity (Wildman–Crippen MR) is 146 cm³/mol. The fraction of sp³-hybridized carbons (Fsp3) is 0.259. The minimum atomic E-state index is -1.23. The number of esters is 1. The average Bonchev–Trinajstić information content (AvgIpc) is 3.41. The van der Waals surface area contributed by atoms with Crippen molar-refractivity contribution in [1.82, 2.24) is 9.88 Å². The first-order valence-corrected chi connectivity index (χ1v) is 12.6. The zero-order valence-electron chi connectivity index (χ0n) is 21.2. The molecule has 4 rings (SSSR count). The number of rotatable bonds is 9. The summed E-state index contributed by atoms with van der Waals surface area (Å²) in [6.45, 7) is 5.30. The van der Waals surface area contributed by atoms with Gasteiger partial charge in [0.25, 0.3) is 0 Å². The molecule has 0 unspecified atom stereocenters. The Labute approximate surface area is 230 Å². The molecule has 12 heteroatoms. The van der Waals surface area contributed by atoms with Gasteiger partial charge in [-0.2, -0.15) is 0 Å². The van der Waals surface area contributed by atoms with Crippen LogP contribution in [0, 0.1) is 6.92 Å². The molecule has 1 aliphatic heterocycles. The van der Waals surface area contributed by atoms with Crippen molar-refractivity contribution in [2.24, 2.45) is 5.73 Å². The van der Waals surface area contributed by atoms with E-state index in [0.29, 0.717) is 34.5 Å². The van der Waals surface area contributed by atoms with Gasteiger partial charge in [0.2, 0.25) is 0 Å². The highest BCUT2D eigenvalue weighted by atomic mass is 35.5. The molecule has 4 N–H and O–H groups in total. The van der Waals surface area contributed by atoms with Gasteiger partial charge in [-0.05, 0) is 74.8 Å². The summed E-state index contributed by atoms with van der Waals surface area (Å²) < 4.78 is 16.0. The van der Waals surface area contributed by atoms with Crippen LogP contribution in [0.1, 0.15) is 28.9 Å². The molecule has 1 aliphatic rings. The first-order valence-electron chi connectivity index (χ1n) is 12.3. The highest BCUT2D eigenvalue weighted by Crippen LogP contribution is 2.32. The molecule has 0 spiro atoms. The second kappa shape index (κ2) is 12.9. The van der Waals surface area contributed by atoms with E-state index in [2.05, 4.69) is 25.3 Å². The van der Waals surface area contributed by atoms with Gasteiger partial charge in [0.05, 0.1) is 5.69 Å². The van der Waals surface area contributed by atoms with Gasteiger partial charge < -0.3 is 30.6 Å². The van der Waals surface area contributed by atoms with E-state index in [4.69, 9.17) is 26.8 Å². The number of hydrogen-bond donors (Lipinski definition) is 3. The Kier molecular flexibility index (Phi) is 9.18. The Bertz CT molecular complexity index is 1340. The van der Waals surface area contributed by atoms with E-state index in [1.165, 1.54) is 31.2 Å². The van der Waals surface area contributed by atoms with Gasteiger partial charge in [-0.15, -0.1) is 0 Å². The highest BCUT2D eigenvalue weighted by molar-refractivity contribution is 6.31. The van der Waals surface area contributed by atoms with Crippen molar-refractivity contribution in [1.29, 1.82) is 0 Å². The summed E-state index contributed by atoms with van der Waals surface area (Å²) in [6.07, 6.45) is 2.51. The van der Waals surface area contributed by atoms with Crippen LogP contribution >= 0.6 is 11.6 Å². The van der Waals surface area contributed by atoms with E-state index in [9.17, 15) is 14.4 Å². The molecule has 204 valence electrons. The SMILES string of the molecule is Cc1cc(NC(=O)Nc2ccc(Oc3ccnc(C(=O)OC(N)=O)c3)cc2)c(OCCN2CCCC2)cc1Cl. The summed E-state index contributed by atoms with van der Waals surface area (Å²) in [5.41, 5.74) is 6.55. The quantitative estimate of drug-likeness (QED) is 0.242. The summed E-state index contributed by atoms with van der Waals surface area (Å²) in [6, 6.07) is 12.4. The zero-order valence-corrected chi connectivity index (χ0v) is 22.0. The maximum absolute atomic E-state index is 12.7. The third-order valence-corrected chi connectivity index (χ3v) is 6.26. The monoisotopic (exact) mass is 553 g/mol. The molecule has 3 aromatic rings. The van der Waals surface area contributed by atoms with Gasteiger partial charge in [-0.25, -0.2) is 19.4 Å². The van der Waals surface area contributed by atoms with Gasteiger partial charge in [0.15, 0.2) is 5.69 Å². The van der Waals surface area contributed by atoms with Crippen LogP contribution in [0.5, 0.6) is 17.2 Å². The number of pyridine rings is 1. The highest BCUT2D eigenvalue weighted by Gasteiger charge is 2.15. The van der Waals surface area contributed by atoms with Crippen molar-refractivity contribution < 1.29 is 28.6 Å². The van der Waals surface area contributed by atoms with Crippen molar-refractivity contribution in [3.63, 3.8) is 0 Å². The number of ether oxygens (including phenoxy) is 3. The zero-order chi connectivity index (χ0) is 27.8. The van der Waals surface area contributed by atoms with Crippen molar-refractivity contribution in [3.8, 4) is 17.2 Å². The molecule has 39 heavy (non-hydrogen) atoms. The molecule has 11 nitrogen and oxygen atoms in total. The summed E-state index contributed by atoms with van der Waals surface area (Å²) in [7, 11) is 0. The van der Waals surface area contributed by atoms with Crippen LogP contribution in [0.4, 0.5) is 21.0 Å². The van der Waals surface area contributed by atoms with Crippen molar-refractivity contribution in [3.05, 3.63) is 71.0 Å². The Morgan fingerprint density at radius 2 is 1.77 bits per heavy atom. The van der Waals surface area contributed by atoms with Gasteiger partial charge in [0, 0.05) is 35.6 Å². The molecule has 0 aliphatic carbocycles. The lowest BCUT2D eigenvalue weighted by Crippen LogP contribution is -2.25. The third kappa shape index (κ3) is 8.06. The molecule has 0 atom stereocenters. The lowest BCUT2D eigenvalue weighted by molar-refractivity contribution is 0.0631. The molecule has 2 heterocycles. The van der Waals surface area contributed by atoms with E-state index in [-0.39, 0.29) is 11.4 Å². The number of aromatic nitrogens is 1. The number of anilines is 2. The van der Waals surface area contributed by atoms with Crippen molar-refractivity contribution in [2.75, 3.05) is 36.9 Å². The molecule has 0 saturated carbocycles. The summed E-state index contributed by atoms with van der Waals surface area (Å²) in [5, 5.41) is 6.15. The van der Waals surface area contributed by atoms with E-state index < -0.39 is 18.1 Å². The van der Waals surface area contributed by atoms with Gasteiger partial charge in [-0.3, -0.25) is 4.90 Å². The minimum absolute atomic E-state index is 0.141. The minimum Gasteiger partial charge on any atom is -0.490 e. The summed E-state index contributed by atoms with van der Waals surface area (Å²) in [5.74, 6) is 0.230. The fourth-order valence-corrected chi connectivity index (χ4v) is 4.08. The van der Waals surface area contributed by atoms with Crippen LogP contribution in [0.3, 0.4) is 0 Å². The van der Waals surface area contributed by atoms with E-state index in [1.54, 1.807) is 36.4 Å². The number of carbonyl (C=O) groups is 3. The number of halogens is 1. The van der Waals surface area contributed by atoms with Gasteiger partial charge in [-0.1, -0.05) is 11.6 Å². The first kappa shape index (κ1) is 27.7. The molecule has 3 amide bonds.